The molecule has 0 aliphatic heterocycles. The van der Waals surface area contributed by atoms with Crippen LogP contribution in [0.2, 0.25) is 0 Å². The van der Waals surface area contributed by atoms with E-state index in [1.165, 1.54) is 5.56 Å². The molecule has 3 nitrogen and oxygen atoms in total. The Balaban J connectivity index is 2.04. The van der Waals surface area contributed by atoms with Crippen LogP contribution in [-0.4, -0.2) is 18.2 Å². The van der Waals surface area contributed by atoms with Gasteiger partial charge in [-0.15, -0.1) is 0 Å². The van der Waals surface area contributed by atoms with Crippen molar-refractivity contribution in [1.82, 2.24) is 0 Å². The van der Waals surface area contributed by atoms with Gasteiger partial charge in [0, 0.05) is 6.42 Å². The predicted molar refractivity (Wildman–Crippen MR) is 81.2 cm³/mol. The highest BCUT2D eigenvalue weighted by molar-refractivity contribution is 5.66. The molecule has 0 aromatic heterocycles. The summed E-state index contributed by atoms with van der Waals surface area (Å²) in [6.45, 7) is 0. The topological polar surface area (TPSA) is 46.5 Å². The Bertz CT molecular complexity index is 407. The van der Waals surface area contributed by atoms with Gasteiger partial charge in [-0.3, -0.25) is 4.79 Å². The van der Waals surface area contributed by atoms with E-state index in [0.29, 0.717) is 0 Å². The molecule has 1 N–H and O–H groups in total. The first-order valence-corrected chi connectivity index (χ1v) is 7.22. The second-order valence-electron chi connectivity index (χ2n) is 4.85. The van der Waals surface area contributed by atoms with Gasteiger partial charge in [0.15, 0.2) is 0 Å². The van der Waals surface area contributed by atoms with Gasteiger partial charge in [0.25, 0.3) is 0 Å². The number of benzene rings is 1. The monoisotopic (exact) mass is 276 g/mol. The molecule has 0 unspecified atom stereocenters. The van der Waals surface area contributed by atoms with Gasteiger partial charge >= 0.3 is 5.97 Å². The molecule has 0 atom stereocenters. The van der Waals surface area contributed by atoms with E-state index in [1.54, 1.807) is 7.11 Å². The number of hydrogen-bond donors (Lipinski definition) is 1. The van der Waals surface area contributed by atoms with Gasteiger partial charge in [-0.2, -0.15) is 0 Å². The third-order valence-corrected chi connectivity index (χ3v) is 3.17. The molecule has 0 saturated carbocycles. The number of rotatable bonds is 10. The fourth-order valence-electron chi connectivity index (χ4n) is 1.99. The highest BCUT2D eigenvalue weighted by Gasteiger charge is 1.95. The quantitative estimate of drug-likeness (QED) is 0.514. The van der Waals surface area contributed by atoms with Gasteiger partial charge in [0.05, 0.1) is 7.11 Å². The van der Waals surface area contributed by atoms with Crippen LogP contribution >= 0.6 is 0 Å². The van der Waals surface area contributed by atoms with Crippen molar-refractivity contribution in [1.29, 1.82) is 0 Å². The Morgan fingerprint density at radius 2 is 1.75 bits per heavy atom. The van der Waals surface area contributed by atoms with Crippen molar-refractivity contribution < 1.29 is 14.6 Å². The first-order valence-electron chi connectivity index (χ1n) is 7.22. The molecule has 20 heavy (non-hydrogen) atoms. The molecular weight excluding hydrogens is 252 g/mol. The number of aliphatic carboxylic acids is 1. The van der Waals surface area contributed by atoms with Crippen molar-refractivity contribution in [2.45, 2.75) is 44.9 Å². The minimum atomic E-state index is -0.700. The highest BCUT2D eigenvalue weighted by Crippen LogP contribution is 2.13. The van der Waals surface area contributed by atoms with Crippen LogP contribution in [0, 0.1) is 0 Å². The normalized spacial score (nSPS) is 10.8. The van der Waals surface area contributed by atoms with E-state index < -0.39 is 5.97 Å². The molecule has 0 radical (unpaired) electrons. The van der Waals surface area contributed by atoms with Crippen LogP contribution in [0.4, 0.5) is 0 Å². The summed E-state index contributed by atoms with van der Waals surface area (Å²) in [4.78, 5) is 10.3. The molecule has 0 aliphatic rings. The maximum Gasteiger partial charge on any atom is 0.303 e. The molecule has 1 aromatic rings. The molecule has 0 spiro atoms. The number of hydrogen-bond acceptors (Lipinski definition) is 2. The van der Waals surface area contributed by atoms with Crippen LogP contribution in [0.15, 0.2) is 36.4 Å². The second kappa shape index (κ2) is 10.1. The van der Waals surface area contributed by atoms with Gasteiger partial charge in [0.1, 0.15) is 5.75 Å². The van der Waals surface area contributed by atoms with E-state index in [-0.39, 0.29) is 6.42 Å². The summed E-state index contributed by atoms with van der Waals surface area (Å²) in [6.07, 6.45) is 10.6. The van der Waals surface area contributed by atoms with Crippen LogP contribution in [-0.2, 0) is 11.2 Å². The van der Waals surface area contributed by atoms with Crippen molar-refractivity contribution in [2.75, 3.05) is 7.11 Å². The molecule has 110 valence electrons. The fraction of sp³-hybridized carbons (Fsp3) is 0.471. The fourth-order valence-corrected chi connectivity index (χ4v) is 1.99. The summed E-state index contributed by atoms with van der Waals surface area (Å²) in [7, 11) is 1.68. The Morgan fingerprint density at radius 1 is 1.10 bits per heavy atom. The van der Waals surface area contributed by atoms with Crippen LogP contribution in [0.5, 0.6) is 5.75 Å². The summed E-state index contributed by atoms with van der Waals surface area (Å²) >= 11 is 0. The van der Waals surface area contributed by atoms with Gasteiger partial charge in [-0.1, -0.05) is 24.3 Å². The molecule has 0 heterocycles. The zero-order valence-corrected chi connectivity index (χ0v) is 12.2. The largest absolute Gasteiger partial charge is 0.497 e. The maximum absolute atomic E-state index is 10.3. The Hall–Kier alpha value is -1.77. The molecule has 1 rings (SSSR count). The lowest BCUT2D eigenvalue weighted by molar-refractivity contribution is -0.137. The number of allylic oxidation sites excluding steroid dienone is 2. The minimum absolute atomic E-state index is 0.283. The summed E-state index contributed by atoms with van der Waals surface area (Å²) < 4.78 is 5.13. The number of carboxylic acid groups (broad SMARTS) is 1. The molecule has 0 bridgehead atoms. The van der Waals surface area contributed by atoms with E-state index in [9.17, 15) is 4.79 Å². The highest BCUT2D eigenvalue weighted by atomic mass is 16.5. The number of ether oxygens (including phenoxy) is 1. The molecule has 0 fully saturated rings. The van der Waals surface area contributed by atoms with Crippen LogP contribution in [0.3, 0.4) is 0 Å². The van der Waals surface area contributed by atoms with Gasteiger partial charge in [-0.25, -0.2) is 0 Å². The van der Waals surface area contributed by atoms with E-state index in [2.05, 4.69) is 24.3 Å². The number of aryl methyl sites for hydroxylation is 1. The SMILES string of the molecule is COc1ccc(CCC/C=C/CCCCC(=O)O)cc1. The van der Waals surface area contributed by atoms with Gasteiger partial charge in [-0.05, 0) is 56.2 Å². The zero-order chi connectivity index (χ0) is 14.6. The first-order chi connectivity index (χ1) is 9.72. The summed E-state index contributed by atoms with van der Waals surface area (Å²) in [5.41, 5.74) is 1.33. The third-order valence-electron chi connectivity index (χ3n) is 3.17. The number of carboxylic acids is 1. The summed E-state index contributed by atoms with van der Waals surface area (Å²) in [6, 6.07) is 8.20. The average molecular weight is 276 g/mol. The van der Waals surface area contributed by atoms with Crippen molar-refractivity contribution in [3.05, 3.63) is 42.0 Å². The molecule has 0 saturated heterocycles. The average Bonchev–Trinajstić information content (AvgIpc) is 2.46. The molecule has 0 aliphatic carbocycles. The predicted octanol–water partition coefficient (Wildman–Crippen LogP) is 4.22. The number of carbonyl (C=O) groups is 1. The lowest BCUT2D eigenvalue weighted by Crippen LogP contribution is -1.92. The molecule has 0 amide bonds. The lowest BCUT2D eigenvalue weighted by Gasteiger charge is -2.02. The van der Waals surface area contributed by atoms with Crippen molar-refractivity contribution in [2.24, 2.45) is 0 Å². The standard InChI is InChI=1S/C17H24O3/c1-20-16-13-11-15(12-14-16)9-7-5-3-2-4-6-8-10-17(18)19/h2-3,11-14H,4-10H2,1H3,(H,18,19)/b3-2+. The Morgan fingerprint density at radius 3 is 2.35 bits per heavy atom. The van der Waals surface area contributed by atoms with Crippen molar-refractivity contribution in [3.63, 3.8) is 0 Å². The van der Waals surface area contributed by atoms with E-state index >= 15 is 0 Å². The number of methoxy groups -OCH3 is 1. The van der Waals surface area contributed by atoms with Crippen LogP contribution in [0.1, 0.15) is 44.1 Å². The second-order valence-corrected chi connectivity index (χ2v) is 4.85. The van der Waals surface area contributed by atoms with Crippen LogP contribution in [0.25, 0.3) is 0 Å². The summed E-state index contributed by atoms with van der Waals surface area (Å²) in [5, 5.41) is 8.50. The van der Waals surface area contributed by atoms with Crippen molar-refractivity contribution >= 4 is 5.97 Å². The smallest absolute Gasteiger partial charge is 0.303 e. The maximum atomic E-state index is 10.3. The van der Waals surface area contributed by atoms with Gasteiger partial charge < -0.3 is 9.84 Å². The van der Waals surface area contributed by atoms with Gasteiger partial charge in [0.2, 0.25) is 0 Å². The molecule has 3 heteroatoms. The van der Waals surface area contributed by atoms with Crippen molar-refractivity contribution in [3.8, 4) is 5.75 Å². The molecule has 1 aromatic carbocycles. The lowest BCUT2D eigenvalue weighted by atomic mass is 10.1. The van der Waals surface area contributed by atoms with E-state index in [0.717, 1.165) is 44.3 Å². The minimum Gasteiger partial charge on any atom is -0.497 e. The van der Waals surface area contributed by atoms with E-state index in [4.69, 9.17) is 9.84 Å². The Kier molecular flexibility index (Phi) is 8.20. The third kappa shape index (κ3) is 7.62. The zero-order valence-electron chi connectivity index (χ0n) is 12.2. The Labute approximate surface area is 121 Å². The number of unbranched alkanes of at least 4 members (excludes halogenated alkanes) is 3. The van der Waals surface area contributed by atoms with Crippen LogP contribution < -0.4 is 4.74 Å². The molecular formula is C17H24O3. The first kappa shape index (κ1) is 16.3. The summed E-state index contributed by atoms with van der Waals surface area (Å²) in [5.74, 6) is 0.198. The van der Waals surface area contributed by atoms with E-state index in [1.807, 2.05) is 12.1 Å².